The van der Waals surface area contributed by atoms with Gasteiger partial charge < -0.3 is 9.84 Å². The van der Waals surface area contributed by atoms with Crippen molar-refractivity contribution in [2.45, 2.75) is 6.92 Å². The van der Waals surface area contributed by atoms with Gasteiger partial charge in [-0.2, -0.15) is 0 Å². The number of carbonyl (C=O) groups is 1. The summed E-state index contributed by atoms with van der Waals surface area (Å²) in [6.45, 7) is 1.41. The van der Waals surface area contributed by atoms with Crippen molar-refractivity contribution < 1.29 is 26.9 Å². The number of benzene rings is 2. The lowest BCUT2D eigenvalue weighted by atomic mass is 10.0. The van der Waals surface area contributed by atoms with E-state index in [1.54, 1.807) is 0 Å². The number of rotatable bonds is 3. The first kappa shape index (κ1) is 16.7. The van der Waals surface area contributed by atoms with Crippen LogP contribution in [0.1, 0.15) is 16.1 Å². The highest BCUT2D eigenvalue weighted by Crippen LogP contribution is 2.29. The number of aromatic nitrogens is 1. The normalized spacial score (nSPS) is 10.8. The molecule has 2 aromatic carbocycles. The molecule has 0 aliphatic rings. The van der Waals surface area contributed by atoms with Crippen molar-refractivity contribution in [3.63, 3.8) is 0 Å². The third-order valence-electron chi connectivity index (χ3n) is 3.46. The SMILES string of the molecule is Cc1onc(-c2ccc(F)cc2F)c1C(=O)Nc1ccc(F)cc1F. The van der Waals surface area contributed by atoms with Crippen molar-refractivity contribution in [2.24, 2.45) is 0 Å². The van der Waals surface area contributed by atoms with Gasteiger partial charge in [0, 0.05) is 17.7 Å². The van der Waals surface area contributed by atoms with Crippen LogP contribution >= 0.6 is 0 Å². The number of amides is 1. The Morgan fingerprint density at radius 2 is 1.64 bits per heavy atom. The third kappa shape index (κ3) is 3.23. The maximum Gasteiger partial charge on any atom is 0.261 e. The Labute approximate surface area is 139 Å². The topological polar surface area (TPSA) is 55.1 Å². The van der Waals surface area contributed by atoms with Crippen molar-refractivity contribution in [3.8, 4) is 11.3 Å². The summed E-state index contributed by atoms with van der Waals surface area (Å²) in [7, 11) is 0. The molecule has 0 spiro atoms. The minimum atomic E-state index is -0.975. The van der Waals surface area contributed by atoms with E-state index in [9.17, 15) is 22.4 Å². The maximum absolute atomic E-state index is 14.0. The molecule has 0 aliphatic heterocycles. The lowest BCUT2D eigenvalue weighted by Crippen LogP contribution is -2.14. The molecule has 4 nitrogen and oxygen atoms in total. The Morgan fingerprint density at radius 3 is 2.28 bits per heavy atom. The van der Waals surface area contributed by atoms with Crippen molar-refractivity contribution in [3.05, 3.63) is 71.0 Å². The van der Waals surface area contributed by atoms with Gasteiger partial charge in [-0.3, -0.25) is 4.79 Å². The highest BCUT2D eigenvalue weighted by atomic mass is 19.1. The van der Waals surface area contributed by atoms with Crippen LogP contribution in [-0.4, -0.2) is 11.1 Å². The summed E-state index contributed by atoms with van der Waals surface area (Å²) in [5, 5.41) is 5.87. The van der Waals surface area contributed by atoms with Crippen LogP contribution in [0.3, 0.4) is 0 Å². The van der Waals surface area contributed by atoms with E-state index in [2.05, 4.69) is 10.5 Å². The summed E-state index contributed by atoms with van der Waals surface area (Å²) < 4.78 is 58.6. The molecule has 3 rings (SSSR count). The first-order chi connectivity index (χ1) is 11.9. The molecule has 25 heavy (non-hydrogen) atoms. The number of anilines is 1. The minimum Gasteiger partial charge on any atom is -0.360 e. The lowest BCUT2D eigenvalue weighted by molar-refractivity contribution is 0.102. The smallest absolute Gasteiger partial charge is 0.261 e. The minimum absolute atomic E-state index is 0.0544. The van der Waals surface area contributed by atoms with Crippen LogP contribution in [0.2, 0.25) is 0 Å². The van der Waals surface area contributed by atoms with Crippen LogP contribution in [0.5, 0.6) is 0 Å². The molecule has 1 aromatic heterocycles. The molecule has 3 aromatic rings. The Balaban J connectivity index is 2.00. The molecule has 0 radical (unpaired) electrons. The number of nitrogens with zero attached hydrogens (tertiary/aromatic N) is 1. The number of nitrogens with one attached hydrogen (secondary N) is 1. The van der Waals surface area contributed by atoms with Crippen LogP contribution in [0.15, 0.2) is 40.9 Å². The molecular formula is C17H10F4N2O2. The van der Waals surface area contributed by atoms with Gasteiger partial charge in [-0.1, -0.05) is 5.16 Å². The van der Waals surface area contributed by atoms with Gasteiger partial charge in [0.15, 0.2) is 0 Å². The zero-order chi connectivity index (χ0) is 18.1. The summed E-state index contributed by atoms with van der Waals surface area (Å²) in [6.07, 6.45) is 0. The van der Waals surface area contributed by atoms with E-state index in [1.807, 2.05) is 0 Å². The molecule has 1 amide bonds. The fourth-order valence-corrected chi connectivity index (χ4v) is 2.28. The van der Waals surface area contributed by atoms with Crippen molar-refractivity contribution >= 4 is 11.6 Å². The first-order valence-electron chi connectivity index (χ1n) is 7.05. The van der Waals surface area contributed by atoms with Gasteiger partial charge in [0.2, 0.25) is 0 Å². The Morgan fingerprint density at radius 1 is 1.00 bits per heavy atom. The summed E-state index contributed by atoms with van der Waals surface area (Å²) in [5.74, 6) is -4.28. The molecule has 128 valence electrons. The highest BCUT2D eigenvalue weighted by molar-refractivity contribution is 6.08. The lowest BCUT2D eigenvalue weighted by Gasteiger charge is -2.07. The average molecular weight is 350 g/mol. The number of aryl methyl sites for hydroxylation is 1. The fraction of sp³-hybridized carbons (Fsp3) is 0.0588. The second-order valence-corrected chi connectivity index (χ2v) is 5.16. The van der Waals surface area contributed by atoms with Crippen LogP contribution < -0.4 is 5.32 Å². The highest BCUT2D eigenvalue weighted by Gasteiger charge is 2.24. The first-order valence-corrected chi connectivity index (χ1v) is 7.05. The number of hydrogen-bond acceptors (Lipinski definition) is 3. The van der Waals surface area contributed by atoms with Gasteiger partial charge in [0.1, 0.15) is 40.3 Å². The molecule has 0 fully saturated rings. The average Bonchev–Trinajstić information content (AvgIpc) is 2.91. The van der Waals surface area contributed by atoms with E-state index in [0.29, 0.717) is 12.1 Å². The fourth-order valence-electron chi connectivity index (χ4n) is 2.28. The molecule has 0 saturated carbocycles. The van der Waals surface area contributed by atoms with Gasteiger partial charge in [0.05, 0.1) is 5.69 Å². The number of halogens is 4. The van der Waals surface area contributed by atoms with E-state index in [4.69, 9.17) is 4.52 Å². The second-order valence-electron chi connectivity index (χ2n) is 5.16. The van der Waals surface area contributed by atoms with Gasteiger partial charge in [-0.05, 0) is 31.2 Å². The molecular weight excluding hydrogens is 340 g/mol. The zero-order valence-electron chi connectivity index (χ0n) is 12.7. The quantitative estimate of drug-likeness (QED) is 0.710. The zero-order valence-corrected chi connectivity index (χ0v) is 12.7. The Hall–Kier alpha value is -3.16. The van der Waals surface area contributed by atoms with E-state index >= 15 is 0 Å². The van der Waals surface area contributed by atoms with E-state index < -0.39 is 29.2 Å². The second kappa shape index (κ2) is 6.39. The predicted molar refractivity (Wildman–Crippen MR) is 80.9 cm³/mol. The third-order valence-corrected chi connectivity index (χ3v) is 3.46. The molecule has 8 heteroatoms. The van der Waals surface area contributed by atoms with Gasteiger partial charge in [0.25, 0.3) is 5.91 Å². The summed E-state index contributed by atoms with van der Waals surface area (Å²) in [5.41, 5.74) is -0.718. The molecule has 0 saturated heterocycles. The Bertz CT molecular complexity index is 969. The molecule has 0 unspecified atom stereocenters. The predicted octanol–water partition coefficient (Wildman–Crippen LogP) is 4.46. The molecule has 0 atom stereocenters. The van der Waals surface area contributed by atoms with Crippen LogP contribution in [-0.2, 0) is 0 Å². The summed E-state index contributed by atoms with van der Waals surface area (Å²) in [4.78, 5) is 12.4. The maximum atomic E-state index is 14.0. The summed E-state index contributed by atoms with van der Waals surface area (Å²) >= 11 is 0. The van der Waals surface area contributed by atoms with Crippen molar-refractivity contribution in [1.82, 2.24) is 5.16 Å². The summed E-state index contributed by atoms with van der Waals surface area (Å²) in [6, 6.07) is 5.38. The van der Waals surface area contributed by atoms with Crippen molar-refractivity contribution in [2.75, 3.05) is 5.32 Å². The van der Waals surface area contributed by atoms with Gasteiger partial charge >= 0.3 is 0 Å². The molecule has 0 aliphatic carbocycles. The number of hydrogen-bond donors (Lipinski definition) is 1. The Kier molecular flexibility index (Phi) is 4.26. The standard InChI is InChI=1S/C17H10F4N2O2/c1-8-15(17(24)22-14-5-3-10(19)7-13(14)21)16(23-25-8)11-4-2-9(18)6-12(11)20/h2-7H,1H3,(H,22,24). The van der Waals surface area contributed by atoms with Crippen molar-refractivity contribution in [1.29, 1.82) is 0 Å². The van der Waals surface area contributed by atoms with E-state index in [1.165, 1.54) is 6.92 Å². The van der Waals surface area contributed by atoms with Crippen LogP contribution in [0.4, 0.5) is 23.2 Å². The van der Waals surface area contributed by atoms with Crippen LogP contribution in [0, 0.1) is 30.2 Å². The molecule has 0 bridgehead atoms. The number of carbonyl (C=O) groups excluding carboxylic acids is 1. The van der Waals surface area contributed by atoms with Crippen LogP contribution in [0.25, 0.3) is 11.3 Å². The monoisotopic (exact) mass is 350 g/mol. The van der Waals surface area contributed by atoms with Gasteiger partial charge in [-0.25, -0.2) is 17.6 Å². The molecule has 1 heterocycles. The van der Waals surface area contributed by atoms with E-state index in [-0.39, 0.29) is 28.3 Å². The molecule has 1 N–H and O–H groups in total. The largest absolute Gasteiger partial charge is 0.360 e. The van der Waals surface area contributed by atoms with E-state index in [0.717, 1.165) is 24.3 Å². The van der Waals surface area contributed by atoms with Gasteiger partial charge in [-0.15, -0.1) is 0 Å².